The van der Waals surface area contributed by atoms with Crippen molar-refractivity contribution in [1.29, 1.82) is 0 Å². The molecule has 44 heavy (non-hydrogen) atoms. The molecule has 1 aromatic carbocycles. The maximum Gasteiger partial charge on any atom is 0.573 e. The number of amides is 1. The van der Waals surface area contributed by atoms with Gasteiger partial charge in [0.15, 0.2) is 0 Å². The third-order valence-corrected chi connectivity index (χ3v) is 5.84. The highest BCUT2D eigenvalue weighted by Crippen LogP contribution is 2.27. The van der Waals surface area contributed by atoms with Gasteiger partial charge in [0, 0.05) is 37.6 Å². The highest BCUT2D eigenvalue weighted by atomic mass is 19.4. The fraction of sp³-hybridized carbons (Fsp3) is 0.500. The van der Waals surface area contributed by atoms with Gasteiger partial charge in [0.05, 0.1) is 18.7 Å². The molecule has 3 rings (SSSR count). The van der Waals surface area contributed by atoms with E-state index in [1.54, 1.807) is 0 Å². The average Bonchev–Trinajstić information content (AvgIpc) is 3.41. The summed E-state index contributed by atoms with van der Waals surface area (Å²) in [6, 6.07) is 5.58. The van der Waals surface area contributed by atoms with Crippen molar-refractivity contribution in [3.05, 3.63) is 42.9 Å². The van der Waals surface area contributed by atoms with Crippen LogP contribution in [-0.2, 0) is 9.53 Å². The van der Waals surface area contributed by atoms with Crippen LogP contribution in [0.25, 0.3) is 17.2 Å². The zero-order valence-electron chi connectivity index (χ0n) is 24.3. The molecule has 2 heterocycles. The van der Waals surface area contributed by atoms with Gasteiger partial charge in [0.1, 0.15) is 23.9 Å². The molecule has 10 nitrogen and oxygen atoms in total. The van der Waals surface area contributed by atoms with Gasteiger partial charge in [-0.3, -0.25) is 9.36 Å². The molecule has 0 radical (unpaired) electrons. The molecule has 242 valence electrons. The molecule has 3 aromatic rings. The second-order valence-corrected chi connectivity index (χ2v) is 10.0. The van der Waals surface area contributed by atoms with Gasteiger partial charge < -0.3 is 24.8 Å². The average molecular weight is 633 g/mol. The summed E-state index contributed by atoms with van der Waals surface area (Å²) >= 11 is 0. The van der Waals surface area contributed by atoms with Crippen molar-refractivity contribution in [2.75, 3.05) is 31.7 Å². The first-order valence-electron chi connectivity index (χ1n) is 13.8. The summed E-state index contributed by atoms with van der Waals surface area (Å²) in [7, 11) is 0. The number of ether oxygens (including phenoxy) is 3. The minimum Gasteiger partial charge on any atom is -0.477 e. The maximum absolute atomic E-state index is 13.0. The van der Waals surface area contributed by atoms with Gasteiger partial charge in [-0.2, -0.15) is 23.1 Å². The van der Waals surface area contributed by atoms with E-state index in [0.29, 0.717) is 43.9 Å². The monoisotopic (exact) mass is 632 g/mol. The van der Waals surface area contributed by atoms with Gasteiger partial charge in [0.2, 0.25) is 17.7 Å². The number of aromatic nitrogens is 4. The number of carbonyl (C=O) groups excluding carboxylic acids is 1. The second-order valence-electron chi connectivity index (χ2n) is 10.0. The predicted octanol–water partition coefficient (Wildman–Crippen LogP) is 5.93. The van der Waals surface area contributed by atoms with E-state index in [-0.39, 0.29) is 29.5 Å². The Balaban J connectivity index is 1.86. The summed E-state index contributed by atoms with van der Waals surface area (Å²) in [5, 5.41) is 5.90. The molecular weight excluding hydrogens is 598 g/mol. The number of carbonyl (C=O) groups is 1. The van der Waals surface area contributed by atoms with Crippen LogP contribution in [0, 0.1) is 5.92 Å². The lowest BCUT2D eigenvalue weighted by Crippen LogP contribution is -2.41. The molecule has 16 heteroatoms. The van der Waals surface area contributed by atoms with E-state index in [1.807, 2.05) is 20.8 Å². The van der Waals surface area contributed by atoms with Gasteiger partial charge in [0.25, 0.3) is 0 Å². The zero-order valence-corrected chi connectivity index (χ0v) is 24.3. The molecule has 0 aliphatic heterocycles. The Morgan fingerprint density at radius 1 is 1.05 bits per heavy atom. The van der Waals surface area contributed by atoms with Crippen molar-refractivity contribution in [2.24, 2.45) is 5.92 Å². The van der Waals surface area contributed by atoms with Crippen LogP contribution in [-0.4, -0.2) is 70.4 Å². The van der Waals surface area contributed by atoms with E-state index >= 15 is 0 Å². The molecule has 0 spiro atoms. The molecule has 0 saturated heterocycles. The van der Waals surface area contributed by atoms with Gasteiger partial charge >= 0.3 is 12.5 Å². The largest absolute Gasteiger partial charge is 0.573 e. The SMILES string of the molecule is CCOCCCNC(=O)C(CC(C)C)Nc1cc(OCCC(F)(F)F)nc(-n2cnc(-c3ccc(OC(F)(F)F)cc3)c2)n1. The van der Waals surface area contributed by atoms with Crippen molar-refractivity contribution in [3.8, 4) is 28.8 Å². The van der Waals surface area contributed by atoms with E-state index in [1.165, 1.54) is 35.3 Å². The van der Waals surface area contributed by atoms with Gasteiger partial charge in [-0.25, -0.2) is 4.98 Å². The Morgan fingerprint density at radius 2 is 1.77 bits per heavy atom. The number of nitrogens with zero attached hydrogens (tertiary/aromatic N) is 4. The zero-order chi connectivity index (χ0) is 32.3. The lowest BCUT2D eigenvalue weighted by molar-refractivity contribution is -0.274. The molecule has 0 aliphatic rings. The lowest BCUT2D eigenvalue weighted by Gasteiger charge is -2.21. The fourth-order valence-electron chi connectivity index (χ4n) is 3.89. The van der Waals surface area contributed by atoms with Crippen LogP contribution in [0.3, 0.4) is 0 Å². The van der Waals surface area contributed by atoms with Gasteiger partial charge in [-0.05, 0) is 49.9 Å². The summed E-state index contributed by atoms with van der Waals surface area (Å²) in [4.78, 5) is 25.9. The number of imidazole rings is 1. The van der Waals surface area contributed by atoms with Gasteiger partial charge in [-0.1, -0.05) is 13.8 Å². The highest BCUT2D eigenvalue weighted by molar-refractivity contribution is 5.84. The number of rotatable bonds is 16. The first kappa shape index (κ1) is 34.4. The van der Waals surface area contributed by atoms with Crippen LogP contribution in [0.1, 0.15) is 40.0 Å². The van der Waals surface area contributed by atoms with Crippen molar-refractivity contribution < 1.29 is 45.3 Å². The van der Waals surface area contributed by atoms with Crippen molar-refractivity contribution >= 4 is 11.7 Å². The Hall–Kier alpha value is -4.08. The number of benzene rings is 1. The minimum atomic E-state index is -4.84. The number of hydrogen-bond acceptors (Lipinski definition) is 8. The van der Waals surface area contributed by atoms with E-state index in [0.717, 1.165) is 12.1 Å². The lowest BCUT2D eigenvalue weighted by atomic mass is 10.0. The number of hydrogen-bond donors (Lipinski definition) is 2. The van der Waals surface area contributed by atoms with Crippen LogP contribution in [0.15, 0.2) is 42.9 Å². The molecule has 0 fully saturated rings. The standard InChI is InChI=1S/C28H34F6N6O4/c1-4-42-12-5-11-35-25(41)21(14-18(2)3)37-23-15-24(43-13-10-27(29,30)31)39-26(38-23)40-16-22(36-17-40)19-6-8-20(9-7-19)44-28(32,33)34/h6-9,15-18,21H,4-5,10-14H2,1-3H3,(H,35,41)(H,37,38,39). The summed E-state index contributed by atoms with van der Waals surface area (Å²) in [5.41, 5.74) is 0.793. The number of anilines is 1. The smallest absolute Gasteiger partial charge is 0.477 e. The van der Waals surface area contributed by atoms with Crippen molar-refractivity contribution in [1.82, 2.24) is 24.8 Å². The summed E-state index contributed by atoms with van der Waals surface area (Å²) in [5.74, 6) is -0.680. The normalized spacial score (nSPS) is 12.7. The molecule has 1 atom stereocenters. The molecule has 1 unspecified atom stereocenters. The van der Waals surface area contributed by atoms with E-state index < -0.39 is 37.4 Å². The fourth-order valence-corrected chi connectivity index (χ4v) is 3.89. The number of halogens is 6. The van der Waals surface area contributed by atoms with Crippen LogP contribution in [0.5, 0.6) is 11.6 Å². The predicted molar refractivity (Wildman–Crippen MR) is 148 cm³/mol. The van der Waals surface area contributed by atoms with E-state index in [2.05, 4.69) is 30.3 Å². The van der Waals surface area contributed by atoms with Crippen molar-refractivity contribution in [3.63, 3.8) is 0 Å². The Morgan fingerprint density at radius 3 is 2.41 bits per heavy atom. The summed E-state index contributed by atoms with van der Waals surface area (Å²) < 4.78 is 91.5. The molecule has 1 amide bonds. The molecule has 0 bridgehead atoms. The minimum absolute atomic E-state index is 0.0341. The summed E-state index contributed by atoms with van der Waals surface area (Å²) in [6.45, 7) is 6.48. The van der Waals surface area contributed by atoms with Crippen LogP contribution in [0.4, 0.5) is 32.2 Å². The van der Waals surface area contributed by atoms with Crippen molar-refractivity contribution in [2.45, 2.75) is 58.6 Å². The van der Waals surface area contributed by atoms with Crippen LogP contribution < -0.4 is 20.1 Å². The third-order valence-electron chi connectivity index (χ3n) is 5.84. The molecule has 2 aromatic heterocycles. The molecule has 0 aliphatic carbocycles. The maximum atomic E-state index is 13.0. The Kier molecular flexibility index (Phi) is 12.2. The highest BCUT2D eigenvalue weighted by Gasteiger charge is 2.31. The number of alkyl halides is 6. The third kappa shape index (κ3) is 11.9. The Bertz CT molecular complexity index is 1330. The molecule has 0 saturated carbocycles. The first-order chi connectivity index (χ1) is 20.7. The van der Waals surface area contributed by atoms with E-state index in [4.69, 9.17) is 9.47 Å². The topological polar surface area (TPSA) is 112 Å². The Labute approximate surface area is 250 Å². The molecular formula is C28H34F6N6O4. The second kappa shape index (κ2) is 15.6. The quantitative estimate of drug-likeness (QED) is 0.148. The molecule has 2 N–H and O–H groups in total. The van der Waals surface area contributed by atoms with E-state index in [9.17, 15) is 31.1 Å². The van der Waals surface area contributed by atoms with Crippen LogP contribution >= 0.6 is 0 Å². The van der Waals surface area contributed by atoms with Crippen LogP contribution in [0.2, 0.25) is 0 Å². The first-order valence-corrected chi connectivity index (χ1v) is 13.8. The summed E-state index contributed by atoms with van der Waals surface area (Å²) in [6.07, 6.45) is -6.65. The van der Waals surface area contributed by atoms with Gasteiger partial charge in [-0.15, -0.1) is 13.2 Å². The number of nitrogens with one attached hydrogen (secondary N) is 2.